The first-order valence-corrected chi connectivity index (χ1v) is 5.66. The molecule has 0 aliphatic rings. The minimum Gasteiger partial charge on any atom is -0.212 e. The smallest absolute Gasteiger partial charge is 0.157 e. The van der Waals surface area contributed by atoms with Gasteiger partial charge in [0, 0.05) is 6.42 Å². The summed E-state index contributed by atoms with van der Waals surface area (Å²) in [6.45, 7) is 4.19. The molecule has 0 aromatic carbocycles. The zero-order valence-corrected chi connectivity index (χ0v) is 9.75. The number of fused-ring (bicyclic) bond motifs is 1. The van der Waals surface area contributed by atoms with Crippen LogP contribution in [0.25, 0.3) is 5.65 Å². The third kappa shape index (κ3) is 1.97. The van der Waals surface area contributed by atoms with E-state index < -0.39 is 0 Å². The molecule has 3 nitrogen and oxygen atoms in total. The second-order valence-electron chi connectivity index (χ2n) is 3.59. The van der Waals surface area contributed by atoms with E-state index in [0.717, 1.165) is 30.7 Å². The summed E-state index contributed by atoms with van der Waals surface area (Å²) in [5.74, 6) is 0.838. The van der Waals surface area contributed by atoms with Gasteiger partial charge in [-0.25, -0.2) is 9.50 Å². The summed E-state index contributed by atoms with van der Waals surface area (Å²) in [4.78, 5) is 4.40. The zero-order valence-electron chi connectivity index (χ0n) is 9.00. The molecule has 0 amide bonds. The zero-order chi connectivity index (χ0) is 10.8. The van der Waals surface area contributed by atoms with Crippen LogP contribution in [-0.4, -0.2) is 14.6 Å². The van der Waals surface area contributed by atoms with Crippen LogP contribution in [0.3, 0.4) is 0 Å². The lowest BCUT2D eigenvalue weighted by Crippen LogP contribution is -1.93. The molecule has 80 valence electrons. The van der Waals surface area contributed by atoms with Crippen molar-refractivity contribution in [2.24, 2.45) is 0 Å². The minimum absolute atomic E-state index is 0.642. The van der Waals surface area contributed by atoms with E-state index in [0.29, 0.717) is 5.15 Å². The number of nitrogens with zero attached hydrogens (tertiary/aromatic N) is 3. The van der Waals surface area contributed by atoms with Gasteiger partial charge in [0.25, 0.3) is 0 Å². The van der Waals surface area contributed by atoms with Gasteiger partial charge in [0.2, 0.25) is 0 Å². The molecule has 15 heavy (non-hydrogen) atoms. The van der Waals surface area contributed by atoms with E-state index >= 15 is 0 Å². The van der Waals surface area contributed by atoms with Crippen molar-refractivity contribution in [1.29, 1.82) is 0 Å². The molecule has 2 aromatic heterocycles. The second-order valence-corrected chi connectivity index (χ2v) is 3.98. The third-order valence-corrected chi connectivity index (χ3v) is 2.62. The molecule has 0 radical (unpaired) electrons. The fourth-order valence-electron chi connectivity index (χ4n) is 1.62. The van der Waals surface area contributed by atoms with Crippen molar-refractivity contribution in [2.75, 3.05) is 0 Å². The van der Waals surface area contributed by atoms with Gasteiger partial charge >= 0.3 is 0 Å². The standard InChI is InChI=1S/C11H14ClN3/c1-3-5-8-6-9(12)15-11(7-8)13-10(4-2)14-15/h6-7H,3-5H2,1-2H3. The highest BCUT2D eigenvalue weighted by Gasteiger charge is 2.06. The van der Waals surface area contributed by atoms with Crippen molar-refractivity contribution < 1.29 is 0 Å². The van der Waals surface area contributed by atoms with Gasteiger partial charge in [-0.05, 0) is 24.1 Å². The molecule has 0 unspecified atom stereocenters. The van der Waals surface area contributed by atoms with Crippen LogP contribution in [0.5, 0.6) is 0 Å². The number of hydrogen-bond acceptors (Lipinski definition) is 2. The van der Waals surface area contributed by atoms with Crippen molar-refractivity contribution in [3.05, 3.63) is 28.7 Å². The van der Waals surface area contributed by atoms with E-state index in [9.17, 15) is 0 Å². The van der Waals surface area contributed by atoms with E-state index in [4.69, 9.17) is 11.6 Å². The predicted molar refractivity (Wildman–Crippen MR) is 61.4 cm³/mol. The summed E-state index contributed by atoms with van der Waals surface area (Å²) in [7, 11) is 0. The molecule has 0 saturated carbocycles. The highest BCUT2D eigenvalue weighted by Crippen LogP contribution is 2.16. The minimum atomic E-state index is 0.642. The first kappa shape index (κ1) is 10.4. The summed E-state index contributed by atoms with van der Waals surface area (Å²) in [6.07, 6.45) is 2.98. The average molecular weight is 224 g/mol. The molecule has 0 aliphatic carbocycles. The van der Waals surface area contributed by atoms with Gasteiger partial charge in [0.05, 0.1) is 0 Å². The molecule has 4 heteroatoms. The monoisotopic (exact) mass is 223 g/mol. The maximum atomic E-state index is 6.13. The topological polar surface area (TPSA) is 30.2 Å². The van der Waals surface area contributed by atoms with Gasteiger partial charge < -0.3 is 0 Å². The van der Waals surface area contributed by atoms with Crippen LogP contribution < -0.4 is 0 Å². The van der Waals surface area contributed by atoms with Crippen LogP contribution >= 0.6 is 11.6 Å². The van der Waals surface area contributed by atoms with Crippen LogP contribution in [0.4, 0.5) is 0 Å². The lowest BCUT2D eigenvalue weighted by atomic mass is 10.1. The fraction of sp³-hybridized carbons (Fsp3) is 0.455. The van der Waals surface area contributed by atoms with E-state index in [1.165, 1.54) is 5.56 Å². The van der Waals surface area contributed by atoms with Crippen molar-refractivity contribution >= 4 is 17.2 Å². The summed E-state index contributed by atoms with van der Waals surface area (Å²) in [5, 5.41) is 4.95. The lowest BCUT2D eigenvalue weighted by Gasteiger charge is -2.00. The molecule has 0 N–H and O–H groups in total. The van der Waals surface area contributed by atoms with Crippen LogP contribution in [0, 0.1) is 0 Å². The number of aryl methyl sites for hydroxylation is 2. The number of pyridine rings is 1. The Hall–Kier alpha value is -1.09. The molecule has 2 rings (SSSR count). The molecular weight excluding hydrogens is 210 g/mol. The van der Waals surface area contributed by atoms with Gasteiger partial charge in [-0.15, -0.1) is 5.10 Å². The van der Waals surface area contributed by atoms with Gasteiger partial charge in [-0.2, -0.15) is 0 Å². The van der Waals surface area contributed by atoms with Gasteiger partial charge in [0.1, 0.15) is 5.15 Å². The maximum Gasteiger partial charge on any atom is 0.157 e. The van der Waals surface area contributed by atoms with Gasteiger partial charge in [-0.3, -0.25) is 0 Å². The largest absolute Gasteiger partial charge is 0.212 e. The Morgan fingerprint density at radius 3 is 2.80 bits per heavy atom. The SMILES string of the molecule is CCCc1cc(Cl)n2nc(CC)nc2c1. The highest BCUT2D eigenvalue weighted by molar-refractivity contribution is 6.29. The second kappa shape index (κ2) is 4.19. The van der Waals surface area contributed by atoms with E-state index in [-0.39, 0.29) is 0 Å². The summed E-state index contributed by atoms with van der Waals surface area (Å²) >= 11 is 6.13. The van der Waals surface area contributed by atoms with E-state index in [1.54, 1.807) is 4.52 Å². The Balaban J connectivity index is 2.54. The Labute approximate surface area is 94.1 Å². The molecule has 0 saturated heterocycles. The molecule has 2 aromatic rings. The molecule has 0 atom stereocenters. The van der Waals surface area contributed by atoms with E-state index in [1.807, 2.05) is 13.0 Å². The highest BCUT2D eigenvalue weighted by atomic mass is 35.5. The number of halogens is 1. The molecule has 0 spiro atoms. The van der Waals surface area contributed by atoms with Crippen LogP contribution in [0.15, 0.2) is 12.1 Å². The van der Waals surface area contributed by atoms with Crippen molar-refractivity contribution in [2.45, 2.75) is 33.1 Å². The Morgan fingerprint density at radius 2 is 2.13 bits per heavy atom. The fourth-order valence-corrected chi connectivity index (χ4v) is 1.89. The Kier molecular flexibility index (Phi) is 2.91. The molecule has 0 fully saturated rings. The van der Waals surface area contributed by atoms with Crippen LogP contribution in [0.2, 0.25) is 5.15 Å². The lowest BCUT2D eigenvalue weighted by molar-refractivity contribution is 0.875. The Bertz CT molecular complexity index is 476. The van der Waals surface area contributed by atoms with Crippen molar-refractivity contribution in [3.8, 4) is 0 Å². The van der Waals surface area contributed by atoms with Gasteiger partial charge in [0.15, 0.2) is 11.5 Å². The van der Waals surface area contributed by atoms with Crippen LogP contribution in [-0.2, 0) is 12.8 Å². The number of hydrogen-bond donors (Lipinski definition) is 0. The first-order chi connectivity index (χ1) is 7.24. The third-order valence-electron chi connectivity index (χ3n) is 2.35. The van der Waals surface area contributed by atoms with E-state index in [2.05, 4.69) is 23.1 Å². The number of aromatic nitrogens is 3. The van der Waals surface area contributed by atoms with Crippen molar-refractivity contribution in [3.63, 3.8) is 0 Å². The molecular formula is C11H14ClN3. The average Bonchev–Trinajstić information content (AvgIpc) is 2.62. The van der Waals surface area contributed by atoms with Crippen molar-refractivity contribution in [1.82, 2.24) is 14.6 Å². The molecule has 0 aliphatic heterocycles. The molecule has 2 heterocycles. The molecule has 0 bridgehead atoms. The summed E-state index contributed by atoms with van der Waals surface area (Å²) in [6, 6.07) is 4.02. The van der Waals surface area contributed by atoms with Crippen LogP contribution in [0.1, 0.15) is 31.7 Å². The Morgan fingerprint density at radius 1 is 1.33 bits per heavy atom. The quantitative estimate of drug-likeness (QED) is 0.749. The first-order valence-electron chi connectivity index (χ1n) is 5.28. The maximum absolute atomic E-state index is 6.13. The number of rotatable bonds is 3. The summed E-state index contributed by atoms with van der Waals surface area (Å²) in [5.41, 5.74) is 2.08. The summed E-state index contributed by atoms with van der Waals surface area (Å²) < 4.78 is 1.69. The normalized spacial score (nSPS) is 11.1. The van der Waals surface area contributed by atoms with Gasteiger partial charge in [-0.1, -0.05) is 31.9 Å². The predicted octanol–water partition coefficient (Wildman–Crippen LogP) is 2.90.